The fourth-order valence-electron chi connectivity index (χ4n) is 3.15. The number of nitrogens with one attached hydrogen (secondary N) is 2. The molecular formula is C20H19N5O5. The van der Waals surface area contributed by atoms with E-state index in [2.05, 4.69) is 9.97 Å². The van der Waals surface area contributed by atoms with Crippen LogP contribution < -0.4 is 0 Å². The predicted octanol–water partition coefficient (Wildman–Crippen LogP) is 4.03. The number of aromatic amines is 2. The van der Waals surface area contributed by atoms with E-state index in [0.717, 1.165) is 17.6 Å². The second kappa shape index (κ2) is 8.53. The van der Waals surface area contributed by atoms with E-state index >= 15 is 0 Å². The van der Waals surface area contributed by atoms with Crippen molar-refractivity contribution in [2.24, 2.45) is 0 Å². The number of hydrogen-bond donors (Lipinski definition) is 2. The van der Waals surface area contributed by atoms with Crippen LogP contribution in [0.25, 0.3) is 21.8 Å². The number of carbonyl (C=O) groups excluding carboxylic acids is 1. The highest BCUT2D eigenvalue weighted by Crippen LogP contribution is 2.26. The van der Waals surface area contributed by atoms with Crippen LogP contribution in [0.5, 0.6) is 0 Å². The van der Waals surface area contributed by atoms with Gasteiger partial charge >= 0.3 is 0 Å². The van der Waals surface area contributed by atoms with Gasteiger partial charge in [0.05, 0.1) is 15.5 Å². The first kappa shape index (κ1) is 20.7. The third-order valence-electron chi connectivity index (χ3n) is 4.35. The maximum Gasteiger partial charge on any atom is 0.293 e. The van der Waals surface area contributed by atoms with Crippen LogP contribution in [0.15, 0.2) is 48.5 Å². The molecule has 0 bridgehead atoms. The molecule has 10 heteroatoms. The minimum Gasteiger partial charge on any atom is -0.352 e. The Bertz CT molecular complexity index is 1240. The van der Waals surface area contributed by atoms with Crippen LogP contribution >= 0.6 is 0 Å². The van der Waals surface area contributed by atoms with Gasteiger partial charge in [-0.3, -0.25) is 25.0 Å². The highest BCUT2D eigenvalue weighted by atomic mass is 16.6. The molecule has 4 aromatic rings. The van der Waals surface area contributed by atoms with Crippen molar-refractivity contribution in [2.75, 3.05) is 14.1 Å². The number of fused-ring (bicyclic) bond motifs is 2. The normalized spacial score (nSPS) is 10.8. The molecule has 4 rings (SSSR count). The van der Waals surface area contributed by atoms with Crippen molar-refractivity contribution < 1.29 is 14.6 Å². The maximum atomic E-state index is 10.8. The van der Waals surface area contributed by atoms with Crippen LogP contribution in [-0.4, -0.2) is 45.1 Å². The van der Waals surface area contributed by atoms with Gasteiger partial charge in [0.15, 0.2) is 6.29 Å². The van der Waals surface area contributed by atoms with Gasteiger partial charge in [0.1, 0.15) is 11.0 Å². The number of aromatic nitrogens is 2. The number of H-pyrrole nitrogens is 2. The van der Waals surface area contributed by atoms with E-state index in [1.165, 1.54) is 12.1 Å². The topological polar surface area (TPSA) is 138 Å². The molecule has 30 heavy (non-hydrogen) atoms. The summed E-state index contributed by atoms with van der Waals surface area (Å²) >= 11 is 0. The number of para-hydroxylation sites is 2. The first-order valence-electron chi connectivity index (χ1n) is 8.91. The molecule has 2 aromatic heterocycles. The second-order valence-electron chi connectivity index (χ2n) is 6.87. The standard InChI is InChI=1S/C11H13N3O2.C9H6N2O3/c1-13(2)7-9-6-8-4-3-5-10(14(15)16)11(8)12-9;12-5-7-4-6-2-1-3-8(11(13)14)9(6)10-7/h3-6,12H,7H2,1-2H3;1-5,10H. The minimum absolute atomic E-state index is 0.0180. The summed E-state index contributed by atoms with van der Waals surface area (Å²) in [7, 11) is 3.92. The SMILES string of the molecule is CN(C)Cc1cc2cccc([N+](=O)[O-])c2[nH]1.O=Cc1cc2cccc([N+](=O)[O-])c2[nH]1. The van der Waals surface area contributed by atoms with Crippen molar-refractivity contribution in [3.05, 3.63) is 80.1 Å². The monoisotopic (exact) mass is 409 g/mol. The molecule has 0 unspecified atom stereocenters. The smallest absolute Gasteiger partial charge is 0.293 e. The fraction of sp³-hybridized carbons (Fsp3) is 0.150. The van der Waals surface area contributed by atoms with Crippen molar-refractivity contribution in [1.29, 1.82) is 0 Å². The molecule has 2 N–H and O–H groups in total. The Morgan fingerprint density at radius 1 is 0.900 bits per heavy atom. The summed E-state index contributed by atoms with van der Waals surface area (Å²) in [5.41, 5.74) is 2.42. The number of nitro groups is 2. The van der Waals surface area contributed by atoms with Gasteiger partial charge in [-0.1, -0.05) is 24.3 Å². The number of rotatable bonds is 5. The van der Waals surface area contributed by atoms with Crippen molar-refractivity contribution in [1.82, 2.24) is 14.9 Å². The van der Waals surface area contributed by atoms with Crippen molar-refractivity contribution >= 4 is 39.5 Å². The van der Waals surface area contributed by atoms with E-state index in [4.69, 9.17) is 0 Å². The van der Waals surface area contributed by atoms with Gasteiger partial charge in [-0.15, -0.1) is 0 Å². The van der Waals surface area contributed by atoms with E-state index < -0.39 is 4.92 Å². The molecule has 0 fully saturated rings. The van der Waals surface area contributed by atoms with Crippen LogP contribution in [0, 0.1) is 20.2 Å². The molecule has 0 aliphatic heterocycles. The molecule has 0 radical (unpaired) electrons. The summed E-state index contributed by atoms with van der Waals surface area (Å²) < 4.78 is 0. The Hall–Kier alpha value is -4.05. The molecule has 2 aromatic carbocycles. The van der Waals surface area contributed by atoms with Gasteiger partial charge in [0.25, 0.3) is 11.4 Å². The second-order valence-corrected chi connectivity index (χ2v) is 6.87. The summed E-state index contributed by atoms with van der Waals surface area (Å²) in [6, 6.07) is 13.3. The first-order chi connectivity index (χ1) is 14.3. The lowest BCUT2D eigenvalue weighted by Gasteiger charge is -2.06. The number of benzene rings is 2. The maximum absolute atomic E-state index is 10.8. The van der Waals surface area contributed by atoms with Crippen LogP contribution in [0.3, 0.4) is 0 Å². The van der Waals surface area contributed by atoms with E-state index in [1.807, 2.05) is 31.1 Å². The molecule has 154 valence electrons. The highest BCUT2D eigenvalue weighted by molar-refractivity contribution is 5.93. The number of nitro benzene ring substituents is 2. The Balaban J connectivity index is 0.000000172. The fourth-order valence-corrected chi connectivity index (χ4v) is 3.15. The van der Waals surface area contributed by atoms with E-state index in [-0.39, 0.29) is 16.3 Å². The summed E-state index contributed by atoms with van der Waals surface area (Å²) in [5.74, 6) is 0. The van der Waals surface area contributed by atoms with Crippen molar-refractivity contribution in [3.8, 4) is 0 Å². The lowest BCUT2D eigenvalue weighted by atomic mass is 10.2. The quantitative estimate of drug-likeness (QED) is 0.290. The molecule has 10 nitrogen and oxygen atoms in total. The zero-order valence-electron chi connectivity index (χ0n) is 16.3. The van der Waals surface area contributed by atoms with Gasteiger partial charge in [-0.25, -0.2) is 0 Å². The van der Waals surface area contributed by atoms with Crippen molar-refractivity contribution in [2.45, 2.75) is 6.54 Å². The molecule has 0 aliphatic rings. The Labute approximate surface area is 170 Å². The number of aldehydes is 1. The van der Waals surface area contributed by atoms with Gasteiger partial charge in [-0.05, 0) is 26.2 Å². The highest BCUT2D eigenvalue weighted by Gasteiger charge is 2.14. The molecule has 0 aliphatic carbocycles. The van der Waals surface area contributed by atoms with Crippen molar-refractivity contribution in [3.63, 3.8) is 0 Å². The summed E-state index contributed by atoms with van der Waals surface area (Å²) in [6.07, 6.45) is 0.629. The van der Waals surface area contributed by atoms with Gasteiger partial charge < -0.3 is 14.9 Å². The summed E-state index contributed by atoms with van der Waals surface area (Å²) in [5, 5.41) is 23.0. The Morgan fingerprint density at radius 2 is 1.43 bits per heavy atom. The van der Waals surface area contributed by atoms with E-state index in [0.29, 0.717) is 28.4 Å². The average Bonchev–Trinajstić information content (AvgIpc) is 3.29. The van der Waals surface area contributed by atoms with Crippen LogP contribution in [-0.2, 0) is 6.54 Å². The summed E-state index contributed by atoms with van der Waals surface area (Å²) in [6.45, 7) is 0.742. The third-order valence-corrected chi connectivity index (χ3v) is 4.35. The number of hydrogen-bond acceptors (Lipinski definition) is 6. The number of non-ortho nitro benzene ring substituents is 2. The number of carbonyl (C=O) groups is 1. The molecule has 0 spiro atoms. The largest absolute Gasteiger partial charge is 0.352 e. The van der Waals surface area contributed by atoms with Crippen LogP contribution in [0.2, 0.25) is 0 Å². The van der Waals surface area contributed by atoms with Gasteiger partial charge in [-0.2, -0.15) is 0 Å². The zero-order chi connectivity index (χ0) is 21.8. The molecule has 0 atom stereocenters. The minimum atomic E-state index is -0.479. The molecule has 0 saturated carbocycles. The molecule has 2 heterocycles. The predicted molar refractivity (Wildman–Crippen MR) is 113 cm³/mol. The van der Waals surface area contributed by atoms with Gasteiger partial charge in [0.2, 0.25) is 0 Å². The van der Waals surface area contributed by atoms with E-state index in [1.54, 1.807) is 24.3 Å². The van der Waals surface area contributed by atoms with Crippen LogP contribution in [0.1, 0.15) is 16.2 Å². The third kappa shape index (κ3) is 4.33. The lowest BCUT2D eigenvalue weighted by Crippen LogP contribution is -2.10. The lowest BCUT2D eigenvalue weighted by molar-refractivity contribution is -0.383. The molecule has 0 amide bonds. The van der Waals surface area contributed by atoms with Gasteiger partial charge in [0, 0.05) is 35.1 Å². The zero-order valence-corrected chi connectivity index (χ0v) is 16.3. The number of nitrogens with zero attached hydrogens (tertiary/aromatic N) is 3. The molecule has 0 saturated heterocycles. The molecular weight excluding hydrogens is 390 g/mol. The summed E-state index contributed by atoms with van der Waals surface area (Å²) in [4.78, 5) is 38.8. The first-order valence-corrected chi connectivity index (χ1v) is 8.91. The Kier molecular flexibility index (Phi) is 5.88. The van der Waals surface area contributed by atoms with E-state index in [9.17, 15) is 25.0 Å². The van der Waals surface area contributed by atoms with Crippen LogP contribution in [0.4, 0.5) is 11.4 Å². The Morgan fingerprint density at radius 3 is 1.93 bits per heavy atom. The average molecular weight is 409 g/mol.